The van der Waals surface area contributed by atoms with E-state index in [0.29, 0.717) is 20.8 Å². The van der Waals surface area contributed by atoms with Crippen LogP contribution >= 0.6 is 35.4 Å². The lowest BCUT2D eigenvalue weighted by molar-refractivity contribution is 0.391. The molecule has 0 amide bonds. The van der Waals surface area contributed by atoms with Crippen molar-refractivity contribution < 1.29 is 4.39 Å². The van der Waals surface area contributed by atoms with E-state index in [1.165, 1.54) is 12.1 Å². The first-order chi connectivity index (χ1) is 11.5. The first kappa shape index (κ1) is 17.3. The second kappa shape index (κ2) is 7.55. The van der Waals surface area contributed by atoms with Crippen molar-refractivity contribution in [1.82, 2.24) is 4.90 Å². The number of nitrogens with zero attached hydrogens (tertiary/aromatic N) is 2. The molecule has 1 saturated heterocycles. The van der Waals surface area contributed by atoms with Gasteiger partial charge in [-0.1, -0.05) is 29.3 Å². The molecular weight excluding hydrogens is 368 g/mol. The van der Waals surface area contributed by atoms with E-state index in [2.05, 4.69) is 15.1 Å². The molecule has 0 aromatic heterocycles. The molecule has 0 saturated carbocycles. The number of thiocarbonyl (C=S) groups is 1. The summed E-state index contributed by atoms with van der Waals surface area (Å²) >= 11 is 17.7. The van der Waals surface area contributed by atoms with Crippen LogP contribution < -0.4 is 10.2 Å². The summed E-state index contributed by atoms with van der Waals surface area (Å²) in [6, 6.07) is 12.0. The van der Waals surface area contributed by atoms with Gasteiger partial charge in [-0.15, -0.1) is 0 Å². The topological polar surface area (TPSA) is 18.5 Å². The number of benzene rings is 2. The molecule has 1 N–H and O–H groups in total. The van der Waals surface area contributed by atoms with Crippen LogP contribution in [0.4, 0.5) is 15.8 Å². The molecule has 1 aliphatic heterocycles. The summed E-state index contributed by atoms with van der Waals surface area (Å²) in [5.74, 6) is -0.221. The van der Waals surface area contributed by atoms with Gasteiger partial charge in [-0.3, -0.25) is 0 Å². The van der Waals surface area contributed by atoms with Gasteiger partial charge in [-0.05, 0) is 48.6 Å². The zero-order valence-corrected chi connectivity index (χ0v) is 15.1. The van der Waals surface area contributed by atoms with E-state index in [1.807, 2.05) is 12.1 Å². The number of hydrogen-bond donors (Lipinski definition) is 1. The van der Waals surface area contributed by atoms with Crippen molar-refractivity contribution in [3.63, 3.8) is 0 Å². The number of halogens is 3. The highest BCUT2D eigenvalue weighted by Crippen LogP contribution is 2.29. The van der Waals surface area contributed by atoms with Gasteiger partial charge in [0.2, 0.25) is 0 Å². The van der Waals surface area contributed by atoms with Gasteiger partial charge in [0.1, 0.15) is 5.82 Å². The molecule has 7 heteroatoms. The van der Waals surface area contributed by atoms with Crippen LogP contribution in [0.1, 0.15) is 0 Å². The molecule has 3 rings (SSSR count). The third kappa shape index (κ3) is 3.91. The van der Waals surface area contributed by atoms with Crippen molar-refractivity contribution in [2.75, 3.05) is 36.4 Å². The van der Waals surface area contributed by atoms with Crippen molar-refractivity contribution in [2.45, 2.75) is 0 Å². The maximum absolute atomic E-state index is 13.0. The predicted octanol–water partition coefficient (Wildman–Crippen LogP) is 4.65. The first-order valence-corrected chi connectivity index (χ1v) is 8.71. The Morgan fingerprint density at radius 1 is 1.00 bits per heavy atom. The summed E-state index contributed by atoms with van der Waals surface area (Å²) in [6.45, 7) is 3.19. The highest BCUT2D eigenvalue weighted by molar-refractivity contribution is 7.80. The number of hydrogen-bond acceptors (Lipinski definition) is 2. The van der Waals surface area contributed by atoms with E-state index >= 15 is 0 Å². The third-order valence-corrected chi connectivity index (χ3v) is 5.13. The second-order valence-corrected chi connectivity index (χ2v) is 6.65. The van der Waals surface area contributed by atoms with Gasteiger partial charge in [-0.2, -0.15) is 0 Å². The van der Waals surface area contributed by atoms with Gasteiger partial charge in [0.25, 0.3) is 0 Å². The summed E-state index contributed by atoms with van der Waals surface area (Å²) in [7, 11) is 0. The van der Waals surface area contributed by atoms with Crippen LogP contribution in [0.15, 0.2) is 42.5 Å². The molecule has 0 radical (unpaired) electrons. The molecule has 0 spiro atoms. The maximum Gasteiger partial charge on any atom is 0.173 e. The fraction of sp³-hybridized carbons (Fsp3) is 0.235. The average Bonchev–Trinajstić information content (AvgIpc) is 2.60. The van der Waals surface area contributed by atoms with Crippen LogP contribution in [0.5, 0.6) is 0 Å². The minimum atomic E-state index is -0.221. The SMILES string of the molecule is Fc1ccc(N2CCN(C(=S)Nc3cccc(Cl)c3Cl)CC2)cc1. The van der Waals surface area contributed by atoms with E-state index in [9.17, 15) is 4.39 Å². The lowest BCUT2D eigenvalue weighted by Gasteiger charge is -2.37. The van der Waals surface area contributed by atoms with Crippen molar-refractivity contribution >= 4 is 51.9 Å². The smallest absolute Gasteiger partial charge is 0.173 e. The van der Waals surface area contributed by atoms with Gasteiger partial charge < -0.3 is 15.1 Å². The van der Waals surface area contributed by atoms with E-state index in [0.717, 1.165) is 31.9 Å². The first-order valence-electron chi connectivity index (χ1n) is 7.55. The van der Waals surface area contributed by atoms with Crippen LogP contribution in [-0.2, 0) is 0 Å². The largest absolute Gasteiger partial charge is 0.368 e. The number of rotatable bonds is 2. The Hall–Kier alpha value is -1.56. The zero-order chi connectivity index (χ0) is 17.1. The molecule has 24 heavy (non-hydrogen) atoms. The molecular formula is C17H16Cl2FN3S. The van der Waals surface area contributed by atoms with Gasteiger partial charge >= 0.3 is 0 Å². The normalized spacial score (nSPS) is 14.6. The van der Waals surface area contributed by atoms with Gasteiger partial charge in [0.05, 0.1) is 15.7 Å². The molecule has 0 bridgehead atoms. The third-order valence-electron chi connectivity index (χ3n) is 3.95. The van der Waals surface area contributed by atoms with Crippen molar-refractivity contribution in [1.29, 1.82) is 0 Å². The predicted molar refractivity (Wildman–Crippen MR) is 103 cm³/mol. The van der Waals surface area contributed by atoms with Crippen LogP contribution in [0.25, 0.3) is 0 Å². The average molecular weight is 384 g/mol. The van der Waals surface area contributed by atoms with Crippen molar-refractivity contribution in [3.05, 3.63) is 58.3 Å². The van der Waals surface area contributed by atoms with Crippen molar-refractivity contribution in [2.24, 2.45) is 0 Å². The van der Waals surface area contributed by atoms with E-state index in [1.54, 1.807) is 18.2 Å². The van der Waals surface area contributed by atoms with Crippen LogP contribution in [-0.4, -0.2) is 36.2 Å². The highest BCUT2D eigenvalue weighted by Gasteiger charge is 2.20. The van der Waals surface area contributed by atoms with E-state index in [4.69, 9.17) is 35.4 Å². The summed E-state index contributed by atoms with van der Waals surface area (Å²) in [6.07, 6.45) is 0. The summed E-state index contributed by atoms with van der Waals surface area (Å²) in [5.41, 5.74) is 1.72. The Bertz CT molecular complexity index is 731. The molecule has 1 heterocycles. The Balaban J connectivity index is 1.59. The molecule has 0 atom stereocenters. The molecule has 2 aromatic carbocycles. The number of nitrogens with one attached hydrogen (secondary N) is 1. The summed E-state index contributed by atoms with van der Waals surface area (Å²) in [5, 5.41) is 4.73. The van der Waals surface area contributed by atoms with E-state index in [-0.39, 0.29) is 5.82 Å². The molecule has 1 aliphatic rings. The van der Waals surface area contributed by atoms with Crippen molar-refractivity contribution in [3.8, 4) is 0 Å². The summed E-state index contributed by atoms with van der Waals surface area (Å²) < 4.78 is 13.0. The van der Waals surface area contributed by atoms with Crippen LogP contribution in [0, 0.1) is 5.82 Å². The molecule has 0 unspecified atom stereocenters. The monoisotopic (exact) mass is 383 g/mol. The molecule has 2 aromatic rings. The molecule has 126 valence electrons. The van der Waals surface area contributed by atoms with Crippen LogP contribution in [0.3, 0.4) is 0 Å². The summed E-state index contributed by atoms with van der Waals surface area (Å²) in [4.78, 5) is 4.30. The van der Waals surface area contributed by atoms with Gasteiger partial charge in [-0.25, -0.2) is 4.39 Å². The van der Waals surface area contributed by atoms with E-state index < -0.39 is 0 Å². The second-order valence-electron chi connectivity index (χ2n) is 5.48. The fourth-order valence-corrected chi connectivity index (χ4v) is 3.25. The lowest BCUT2D eigenvalue weighted by Crippen LogP contribution is -2.50. The standard InChI is InChI=1S/C17H16Cl2FN3S/c18-14-2-1-3-15(16(14)19)21-17(24)23-10-8-22(9-11-23)13-6-4-12(20)5-7-13/h1-7H,8-11H2,(H,21,24). The molecule has 0 aliphatic carbocycles. The fourth-order valence-electron chi connectivity index (χ4n) is 2.61. The lowest BCUT2D eigenvalue weighted by atomic mass is 10.2. The minimum Gasteiger partial charge on any atom is -0.368 e. The quantitative estimate of drug-likeness (QED) is 0.760. The molecule has 1 fully saturated rings. The Morgan fingerprint density at radius 2 is 1.67 bits per heavy atom. The highest BCUT2D eigenvalue weighted by atomic mass is 35.5. The Morgan fingerprint density at radius 3 is 2.33 bits per heavy atom. The number of piperazine rings is 1. The maximum atomic E-state index is 13.0. The van der Waals surface area contributed by atoms with Gasteiger partial charge in [0, 0.05) is 31.9 Å². The van der Waals surface area contributed by atoms with Crippen LogP contribution in [0.2, 0.25) is 10.0 Å². The Kier molecular flexibility index (Phi) is 5.43. The molecule has 3 nitrogen and oxygen atoms in total. The van der Waals surface area contributed by atoms with Gasteiger partial charge in [0.15, 0.2) is 5.11 Å². The minimum absolute atomic E-state index is 0.221. The number of anilines is 2. The Labute approximate surface area is 156 Å². The zero-order valence-electron chi connectivity index (χ0n) is 12.8.